The number of carbonyl (C=O) groups is 2. The number of nitrogens with one attached hydrogen (secondary N) is 1. The number of amides is 2. The Labute approximate surface area is 193 Å². The first-order valence-corrected chi connectivity index (χ1v) is 10.8. The van der Waals surface area contributed by atoms with Crippen molar-refractivity contribution in [2.24, 2.45) is 0 Å². The van der Waals surface area contributed by atoms with Gasteiger partial charge in [-0.15, -0.1) is 0 Å². The molecule has 6 nitrogen and oxygen atoms in total. The molecule has 1 heterocycles. The lowest BCUT2D eigenvalue weighted by Crippen LogP contribution is -2.48. The minimum Gasteiger partial charge on any atom is -0.504 e. The van der Waals surface area contributed by atoms with Gasteiger partial charge in [-0.05, 0) is 42.2 Å². The van der Waals surface area contributed by atoms with Gasteiger partial charge in [0.25, 0.3) is 0 Å². The van der Waals surface area contributed by atoms with Crippen LogP contribution in [0.25, 0.3) is 5.70 Å². The Hall–Kier alpha value is -4.06. The number of phenolic OH excluding ortho intramolecular Hbond substituents is 1. The van der Waals surface area contributed by atoms with Crippen LogP contribution in [0, 0.1) is 0 Å². The van der Waals surface area contributed by atoms with E-state index in [1.54, 1.807) is 17.0 Å². The average molecular weight is 443 g/mol. The van der Waals surface area contributed by atoms with Crippen LogP contribution in [0.5, 0.6) is 11.5 Å². The summed E-state index contributed by atoms with van der Waals surface area (Å²) in [6, 6.07) is 23.3. The Morgan fingerprint density at radius 3 is 2.33 bits per heavy atom. The van der Waals surface area contributed by atoms with E-state index >= 15 is 0 Å². The average Bonchev–Trinajstić information content (AvgIpc) is 2.84. The van der Waals surface area contributed by atoms with E-state index < -0.39 is 6.04 Å². The van der Waals surface area contributed by atoms with E-state index in [-0.39, 0.29) is 23.3 Å². The maximum absolute atomic E-state index is 13.4. The first-order valence-electron chi connectivity index (χ1n) is 10.8. The summed E-state index contributed by atoms with van der Waals surface area (Å²) in [5, 5.41) is 13.0. The highest BCUT2D eigenvalue weighted by Crippen LogP contribution is 2.38. The lowest BCUT2D eigenvalue weighted by Gasteiger charge is -2.37. The van der Waals surface area contributed by atoms with Gasteiger partial charge in [-0.3, -0.25) is 9.69 Å². The molecule has 0 fully saturated rings. The Morgan fingerprint density at radius 2 is 1.70 bits per heavy atom. The standard InChI is InChI=1S/C27H26N2O4/c1-18(30)24-25(21-13-14-22(31)23(17-21)33-2)28-27(32)29(16-15-19-9-5-3-6-10-19)26(24)20-11-7-4-8-12-20/h3-14,17,25,31H,15-16H2,1-2H3,(H,28,32)/t25-/m0/s1. The van der Waals surface area contributed by atoms with Crippen LogP contribution < -0.4 is 10.1 Å². The Kier molecular flexibility index (Phi) is 6.45. The van der Waals surface area contributed by atoms with Crippen LogP contribution in [-0.2, 0) is 11.2 Å². The molecule has 2 N–H and O–H groups in total. The number of methoxy groups -OCH3 is 1. The van der Waals surface area contributed by atoms with Crippen molar-refractivity contribution >= 4 is 17.5 Å². The minimum atomic E-state index is -0.673. The first-order chi connectivity index (χ1) is 16.0. The molecule has 1 aliphatic rings. The summed E-state index contributed by atoms with van der Waals surface area (Å²) in [4.78, 5) is 28.0. The quantitative estimate of drug-likeness (QED) is 0.555. The second-order valence-electron chi connectivity index (χ2n) is 7.89. The number of Topliss-reactive ketones (excluding diaryl/α,β-unsaturated/α-hetero) is 1. The van der Waals surface area contributed by atoms with Gasteiger partial charge in [0.05, 0.1) is 18.8 Å². The zero-order valence-corrected chi connectivity index (χ0v) is 18.6. The highest BCUT2D eigenvalue weighted by Gasteiger charge is 2.36. The van der Waals surface area contributed by atoms with Crippen molar-refractivity contribution in [3.05, 3.63) is 101 Å². The molecule has 2 amide bonds. The number of aromatic hydroxyl groups is 1. The summed E-state index contributed by atoms with van der Waals surface area (Å²) in [6.45, 7) is 1.93. The largest absolute Gasteiger partial charge is 0.504 e. The van der Waals surface area contributed by atoms with Gasteiger partial charge in [0.15, 0.2) is 17.3 Å². The zero-order valence-electron chi connectivity index (χ0n) is 18.6. The van der Waals surface area contributed by atoms with Gasteiger partial charge in [-0.1, -0.05) is 66.7 Å². The third-order valence-electron chi connectivity index (χ3n) is 5.76. The van der Waals surface area contributed by atoms with Crippen LogP contribution in [0.4, 0.5) is 4.79 Å². The summed E-state index contributed by atoms with van der Waals surface area (Å²) in [5.74, 6) is 0.123. The molecular formula is C27H26N2O4. The van der Waals surface area contributed by atoms with Crippen LogP contribution >= 0.6 is 0 Å². The van der Waals surface area contributed by atoms with Gasteiger partial charge >= 0.3 is 6.03 Å². The molecule has 0 radical (unpaired) electrons. The number of rotatable bonds is 7. The molecule has 0 bridgehead atoms. The van der Waals surface area contributed by atoms with Crippen molar-refractivity contribution in [2.75, 3.05) is 13.7 Å². The van der Waals surface area contributed by atoms with Crippen LogP contribution in [0.2, 0.25) is 0 Å². The Bertz CT molecular complexity index is 1190. The number of hydrogen-bond donors (Lipinski definition) is 2. The second kappa shape index (κ2) is 9.61. The predicted molar refractivity (Wildman–Crippen MR) is 127 cm³/mol. The molecule has 1 aliphatic heterocycles. The van der Waals surface area contributed by atoms with Crippen LogP contribution in [0.3, 0.4) is 0 Å². The fourth-order valence-electron chi connectivity index (χ4n) is 4.16. The van der Waals surface area contributed by atoms with E-state index in [0.717, 1.165) is 11.1 Å². The van der Waals surface area contributed by atoms with Crippen molar-refractivity contribution in [3.8, 4) is 11.5 Å². The summed E-state index contributed by atoms with van der Waals surface area (Å²) >= 11 is 0. The fourth-order valence-corrected chi connectivity index (χ4v) is 4.16. The maximum atomic E-state index is 13.4. The third-order valence-corrected chi connectivity index (χ3v) is 5.76. The first kappa shape index (κ1) is 22.1. The molecule has 33 heavy (non-hydrogen) atoms. The molecule has 6 heteroatoms. The summed E-state index contributed by atoms with van der Waals surface area (Å²) in [6.07, 6.45) is 0.646. The van der Waals surface area contributed by atoms with Gasteiger partial charge in [0.2, 0.25) is 0 Å². The highest BCUT2D eigenvalue weighted by molar-refractivity contribution is 6.07. The van der Waals surface area contributed by atoms with E-state index in [1.807, 2.05) is 60.7 Å². The molecule has 1 atom stereocenters. The topological polar surface area (TPSA) is 78.9 Å². The van der Waals surface area contributed by atoms with E-state index in [9.17, 15) is 14.7 Å². The molecule has 0 aliphatic carbocycles. The Morgan fingerprint density at radius 1 is 1.03 bits per heavy atom. The van der Waals surface area contributed by atoms with Gasteiger partial charge in [-0.2, -0.15) is 0 Å². The van der Waals surface area contributed by atoms with Gasteiger partial charge in [0, 0.05) is 12.1 Å². The van der Waals surface area contributed by atoms with Crippen molar-refractivity contribution in [1.29, 1.82) is 0 Å². The molecule has 3 aromatic carbocycles. The molecule has 0 saturated carbocycles. The number of ketones is 1. The number of carbonyl (C=O) groups excluding carboxylic acids is 2. The molecule has 0 saturated heterocycles. The lowest BCUT2D eigenvalue weighted by molar-refractivity contribution is -0.114. The number of nitrogens with zero attached hydrogens (tertiary/aromatic N) is 1. The molecular weight excluding hydrogens is 416 g/mol. The highest BCUT2D eigenvalue weighted by atomic mass is 16.5. The molecule has 0 aromatic heterocycles. The summed E-state index contributed by atoms with van der Waals surface area (Å²) in [7, 11) is 1.46. The molecule has 4 rings (SSSR count). The number of phenols is 1. The third kappa shape index (κ3) is 4.60. The Balaban J connectivity index is 1.84. The minimum absolute atomic E-state index is 0.00971. The van der Waals surface area contributed by atoms with Gasteiger partial charge < -0.3 is 15.2 Å². The molecule has 0 unspecified atom stereocenters. The van der Waals surface area contributed by atoms with Crippen molar-refractivity contribution in [1.82, 2.24) is 10.2 Å². The predicted octanol–water partition coefficient (Wildman–Crippen LogP) is 4.71. The van der Waals surface area contributed by atoms with Gasteiger partial charge in [-0.25, -0.2) is 4.79 Å². The summed E-state index contributed by atoms with van der Waals surface area (Å²) < 4.78 is 5.25. The van der Waals surface area contributed by atoms with Crippen LogP contribution in [0.15, 0.2) is 84.4 Å². The number of urea groups is 1. The van der Waals surface area contributed by atoms with Crippen molar-refractivity contribution in [3.63, 3.8) is 0 Å². The van der Waals surface area contributed by atoms with Crippen LogP contribution in [0.1, 0.15) is 29.7 Å². The normalized spacial score (nSPS) is 15.9. The number of benzene rings is 3. The lowest BCUT2D eigenvalue weighted by atomic mass is 9.89. The van der Waals surface area contributed by atoms with Crippen molar-refractivity contribution in [2.45, 2.75) is 19.4 Å². The second-order valence-corrected chi connectivity index (χ2v) is 7.89. The van der Waals surface area contributed by atoms with E-state index in [4.69, 9.17) is 4.74 Å². The molecule has 3 aromatic rings. The number of ether oxygens (including phenoxy) is 1. The van der Waals surface area contributed by atoms with Crippen LogP contribution in [-0.4, -0.2) is 35.5 Å². The zero-order chi connectivity index (χ0) is 23.4. The maximum Gasteiger partial charge on any atom is 0.322 e. The SMILES string of the molecule is COc1cc([C@@H]2NC(=O)N(CCc3ccccc3)C(c3ccccc3)=C2C(C)=O)ccc1O. The van der Waals surface area contributed by atoms with Gasteiger partial charge in [0.1, 0.15) is 0 Å². The molecule has 0 spiro atoms. The molecule has 168 valence electrons. The van der Waals surface area contributed by atoms with E-state index in [0.29, 0.717) is 29.8 Å². The fraction of sp³-hybridized carbons (Fsp3) is 0.185. The number of hydrogen-bond acceptors (Lipinski definition) is 4. The van der Waals surface area contributed by atoms with Crippen molar-refractivity contribution < 1.29 is 19.4 Å². The van der Waals surface area contributed by atoms with E-state index in [1.165, 1.54) is 20.1 Å². The monoisotopic (exact) mass is 442 g/mol. The summed E-state index contributed by atoms with van der Waals surface area (Å²) in [5.41, 5.74) is 3.63. The smallest absolute Gasteiger partial charge is 0.322 e. The van der Waals surface area contributed by atoms with E-state index in [2.05, 4.69) is 5.32 Å².